The van der Waals surface area contributed by atoms with Gasteiger partial charge in [0.1, 0.15) is 10.7 Å². The van der Waals surface area contributed by atoms with Gasteiger partial charge in [-0.25, -0.2) is 4.98 Å². The summed E-state index contributed by atoms with van der Waals surface area (Å²) in [5, 5.41) is 1.26. The number of hydrogen-bond donors (Lipinski definition) is 0. The summed E-state index contributed by atoms with van der Waals surface area (Å²) in [6, 6.07) is 63.0. The van der Waals surface area contributed by atoms with Crippen LogP contribution in [-0.4, -0.2) is 14.0 Å². The van der Waals surface area contributed by atoms with Crippen molar-refractivity contribution < 1.29 is 0 Å². The average Bonchev–Trinajstić information content (AvgIpc) is 3.84. The van der Waals surface area contributed by atoms with Crippen molar-refractivity contribution >= 4 is 48.3 Å². The fraction of sp³-hybridized carbons (Fsp3) is 0. The van der Waals surface area contributed by atoms with E-state index >= 15 is 0 Å². The molecule has 10 rings (SSSR count). The van der Waals surface area contributed by atoms with Crippen LogP contribution in [0.15, 0.2) is 176 Å². The van der Waals surface area contributed by atoms with Gasteiger partial charge in [-0.15, -0.1) is 11.3 Å². The van der Waals surface area contributed by atoms with Gasteiger partial charge in [-0.1, -0.05) is 127 Å². The summed E-state index contributed by atoms with van der Waals surface area (Å²) in [5.41, 5.74) is 14.1. The molecule has 10 aromatic rings. The zero-order chi connectivity index (χ0) is 32.3. The van der Waals surface area contributed by atoms with Crippen LogP contribution < -0.4 is 0 Å². The second-order valence-corrected chi connectivity index (χ2v) is 13.5. The van der Waals surface area contributed by atoms with E-state index < -0.39 is 0 Å². The highest BCUT2D eigenvalue weighted by atomic mass is 32.1. The number of thiazole rings is 1. The van der Waals surface area contributed by atoms with Crippen molar-refractivity contribution in [1.29, 1.82) is 0 Å². The molecule has 0 aliphatic heterocycles. The van der Waals surface area contributed by atoms with E-state index in [1.165, 1.54) is 59.3 Å². The van der Waals surface area contributed by atoms with Crippen molar-refractivity contribution in [3.8, 4) is 50.5 Å². The van der Waals surface area contributed by atoms with Gasteiger partial charge in [-0.05, 0) is 76.3 Å². The lowest BCUT2D eigenvalue weighted by Gasteiger charge is -2.11. The minimum atomic E-state index is 0.943. The van der Waals surface area contributed by atoms with Crippen LogP contribution in [-0.2, 0) is 0 Å². The van der Waals surface area contributed by atoms with Crippen LogP contribution >= 0.6 is 11.3 Å². The summed E-state index contributed by atoms with van der Waals surface area (Å²) in [4.78, 5) is 6.32. The lowest BCUT2D eigenvalue weighted by Crippen LogP contribution is -1.97. The molecule has 7 aromatic carbocycles. The Kier molecular flexibility index (Phi) is 6.36. The third-order valence-electron chi connectivity index (χ3n) is 9.57. The molecule has 0 bridgehead atoms. The molecule has 0 unspecified atom stereocenters. The lowest BCUT2D eigenvalue weighted by molar-refractivity contribution is 1.10. The van der Waals surface area contributed by atoms with Crippen LogP contribution in [0.25, 0.3) is 87.4 Å². The molecule has 49 heavy (non-hydrogen) atoms. The van der Waals surface area contributed by atoms with E-state index in [4.69, 9.17) is 4.98 Å². The van der Waals surface area contributed by atoms with Gasteiger partial charge in [-0.3, -0.25) is 8.97 Å². The molecule has 0 aliphatic rings. The number of aromatic nitrogens is 3. The number of hydrogen-bond acceptors (Lipinski definition) is 2. The van der Waals surface area contributed by atoms with E-state index in [9.17, 15) is 0 Å². The maximum atomic E-state index is 5.06. The topological polar surface area (TPSA) is 22.2 Å². The van der Waals surface area contributed by atoms with Crippen LogP contribution in [0.1, 0.15) is 0 Å². The van der Waals surface area contributed by atoms with Crippen molar-refractivity contribution in [2.24, 2.45) is 0 Å². The molecular weight excluding hydrogens is 615 g/mol. The van der Waals surface area contributed by atoms with Crippen molar-refractivity contribution in [2.75, 3.05) is 0 Å². The zero-order valence-electron chi connectivity index (χ0n) is 26.5. The van der Waals surface area contributed by atoms with E-state index in [1.54, 1.807) is 0 Å². The first-order valence-corrected chi connectivity index (χ1v) is 17.4. The van der Waals surface area contributed by atoms with Gasteiger partial charge in [0, 0.05) is 22.2 Å². The van der Waals surface area contributed by atoms with Crippen LogP contribution in [0, 0.1) is 0 Å². The predicted molar refractivity (Wildman–Crippen MR) is 207 cm³/mol. The summed E-state index contributed by atoms with van der Waals surface area (Å²) in [7, 11) is 0. The molecule has 3 aromatic heterocycles. The number of benzene rings is 7. The summed E-state index contributed by atoms with van der Waals surface area (Å²) in [6.07, 6.45) is 0. The largest absolute Gasteiger partial charge is 0.299 e. The van der Waals surface area contributed by atoms with Crippen molar-refractivity contribution in [2.45, 2.75) is 0 Å². The molecule has 0 fully saturated rings. The maximum Gasteiger partial charge on any atom is 0.145 e. The van der Waals surface area contributed by atoms with Crippen LogP contribution in [0.5, 0.6) is 0 Å². The average molecular weight is 644 g/mol. The fourth-order valence-electron chi connectivity index (χ4n) is 7.23. The van der Waals surface area contributed by atoms with Crippen LogP contribution in [0.4, 0.5) is 0 Å². The van der Waals surface area contributed by atoms with Crippen molar-refractivity contribution in [3.63, 3.8) is 0 Å². The van der Waals surface area contributed by atoms with E-state index in [-0.39, 0.29) is 0 Å². The maximum absolute atomic E-state index is 5.06. The van der Waals surface area contributed by atoms with Crippen molar-refractivity contribution in [3.05, 3.63) is 176 Å². The lowest BCUT2D eigenvalue weighted by atomic mass is 9.97. The molecule has 3 nitrogen and oxygen atoms in total. The highest BCUT2D eigenvalue weighted by Gasteiger charge is 2.20. The SMILES string of the molecule is c1ccc(-c2ccc(-c3ccc4c(c3)c(-c3ccc(-n5c(-c6ccccc6)nc6ccccc65)cc3)c3sc5ccccc5n34)cc2)cc1. The van der Waals surface area contributed by atoms with Gasteiger partial charge in [0.25, 0.3) is 0 Å². The minimum absolute atomic E-state index is 0.943. The fourth-order valence-corrected chi connectivity index (χ4v) is 8.46. The molecule has 0 amide bonds. The van der Waals surface area contributed by atoms with Crippen LogP contribution in [0.3, 0.4) is 0 Å². The van der Waals surface area contributed by atoms with Crippen molar-refractivity contribution in [1.82, 2.24) is 14.0 Å². The van der Waals surface area contributed by atoms with E-state index in [1.807, 2.05) is 17.4 Å². The Morgan fingerprint density at radius 1 is 0.429 bits per heavy atom. The Morgan fingerprint density at radius 3 is 1.76 bits per heavy atom. The Labute approximate surface area is 287 Å². The van der Waals surface area contributed by atoms with Gasteiger partial charge in [0.05, 0.1) is 26.8 Å². The normalized spacial score (nSPS) is 11.7. The Balaban J connectivity index is 1.14. The molecular formula is C45H29N3S. The summed E-state index contributed by atoms with van der Waals surface area (Å²) >= 11 is 1.86. The highest BCUT2D eigenvalue weighted by Crippen LogP contribution is 2.44. The number of nitrogens with zero attached hydrogens (tertiary/aromatic N) is 3. The van der Waals surface area contributed by atoms with Gasteiger partial charge >= 0.3 is 0 Å². The molecule has 3 heterocycles. The summed E-state index contributed by atoms with van der Waals surface area (Å²) in [6.45, 7) is 0. The molecule has 0 spiro atoms. The molecule has 0 saturated heterocycles. The predicted octanol–water partition coefficient (Wildman–Crippen LogP) is 12.3. The molecule has 0 N–H and O–H groups in total. The molecule has 0 atom stereocenters. The van der Waals surface area contributed by atoms with Gasteiger partial charge in [0.2, 0.25) is 0 Å². The standard InChI is InChI=1S/C45H29N3S/c1-3-11-30(12-4-1)31-19-21-32(22-20-31)35-25-28-39-37(29-35)43(45-48(39)41-17-9-10-18-42(41)49-45)33-23-26-36(27-24-33)47-40-16-8-7-15-38(40)46-44(47)34-13-5-2-6-14-34/h1-29H. The quantitative estimate of drug-likeness (QED) is 0.183. The smallest absolute Gasteiger partial charge is 0.145 e. The summed E-state index contributed by atoms with van der Waals surface area (Å²) < 4.78 is 6.01. The van der Waals surface area contributed by atoms with Gasteiger partial charge < -0.3 is 0 Å². The first-order valence-electron chi connectivity index (χ1n) is 16.6. The third-order valence-corrected chi connectivity index (χ3v) is 10.7. The first kappa shape index (κ1) is 27.8. The Hall–Kier alpha value is -6.23. The number of fused-ring (bicyclic) bond motifs is 6. The molecule has 0 aliphatic carbocycles. The van der Waals surface area contributed by atoms with Gasteiger partial charge in [-0.2, -0.15) is 0 Å². The summed E-state index contributed by atoms with van der Waals surface area (Å²) in [5.74, 6) is 0.943. The zero-order valence-corrected chi connectivity index (χ0v) is 27.3. The van der Waals surface area contributed by atoms with E-state index in [0.29, 0.717) is 0 Å². The second-order valence-electron chi connectivity index (χ2n) is 12.4. The first-order chi connectivity index (χ1) is 24.3. The molecule has 0 saturated carbocycles. The molecule has 4 heteroatoms. The van der Waals surface area contributed by atoms with Gasteiger partial charge in [0.15, 0.2) is 0 Å². The van der Waals surface area contributed by atoms with E-state index in [2.05, 4.69) is 179 Å². The monoisotopic (exact) mass is 643 g/mol. The Morgan fingerprint density at radius 2 is 1.00 bits per heavy atom. The highest BCUT2D eigenvalue weighted by molar-refractivity contribution is 7.24. The molecule has 230 valence electrons. The minimum Gasteiger partial charge on any atom is -0.299 e. The van der Waals surface area contributed by atoms with E-state index in [0.717, 1.165) is 28.1 Å². The number of para-hydroxylation sites is 3. The third kappa shape index (κ3) is 4.53. The Bertz CT molecular complexity index is 2790. The second kappa shape index (κ2) is 11.2. The number of rotatable bonds is 5. The molecule has 0 radical (unpaired) electrons. The van der Waals surface area contributed by atoms with Crippen LogP contribution in [0.2, 0.25) is 0 Å². The number of imidazole rings is 1.